The lowest BCUT2D eigenvalue weighted by Crippen LogP contribution is -2.39. The summed E-state index contributed by atoms with van der Waals surface area (Å²) in [5.41, 5.74) is 3.38. The molecule has 1 saturated heterocycles. The van der Waals surface area contributed by atoms with Gasteiger partial charge in [-0.15, -0.1) is 0 Å². The first-order chi connectivity index (χ1) is 15.1. The molecule has 1 aliphatic rings. The van der Waals surface area contributed by atoms with Gasteiger partial charge in [-0.3, -0.25) is 4.79 Å². The van der Waals surface area contributed by atoms with Gasteiger partial charge in [0.1, 0.15) is 5.75 Å². The fourth-order valence-corrected chi connectivity index (χ4v) is 3.49. The average Bonchev–Trinajstić information content (AvgIpc) is 3.15. The van der Waals surface area contributed by atoms with Crippen molar-refractivity contribution in [3.63, 3.8) is 0 Å². The lowest BCUT2D eigenvalue weighted by Gasteiger charge is -2.18. The number of hydrogen-bond acceptors (Lipinski definition) is 4. The van der Waals surface area contributed by atoms with E-state index in [1.54, 1.807) is 12.0 Å². The lowest BCUT2D eigenvalue weighted by molar-refractivity contribution is -0.117. The van der Waals surface area contributed by atoms with Crippen LogP contribution in [-0.2, 0) is 4.79 Å². The van der Waals surface area contributed by atoms with Gasteiger partial charge >= 0.3 is 6.03 Å². The minimum absolute atomic E-state index is 0.0215. The van der Waals surface area contributed by atoms with Gasteiger partial charge in [0, 0.05) is 35.7 Å². The first-order valence-corrected chi connectivity index (χ1v) is 10.0. The monoisotopic (exact) mass is 416 g/mol. The standard InChI is InChI=1S/C24H24N4O3/c1-31-22-13-11-21(12-14-22)28-16-20(15-23(28)29)27-24(30)26-19-9-7-18(8-10-19)25-17-5-3-2-4-6-17/h2-14,20,25H,15-16H2,1H3,(H2,26,27,30). The second-order valence-corrected chi connectivity index (χ2v) is 7.27. The second kappa shape index (κ2) is 9.21. The zero-order valence-corrected chi connectivity index (χ0v) is 17.2. The molecule has 3 N–H and O–H groups in total. The highest BCUT2D eigenvalue weighted by Gasteiger charge is 2.31. The fraction of sp³-hybridized carbons (Fsp3) is 0.167. The SMILES string of the molecule is COc1ccc(N2CC(NC(=O)Nc3ccc(Nc4ccccc4)cc3)CC2=O)cc1. The van der Waals surface area contributed by atoms with E-state index >= 15 is 0 Å². The van der Waals surface area contributed by atoms with E-state index in [1.165, 1.54) is 0 Å². The number of anilines is 4. The van der Waals surface area contributed by atoms with Crippen LogP contribution in [0.25, 0.3) is 0 Å². The highest BCUT2D eigenvalue weighted by Crippen LogP contribution is 2.24. The predicted octanol–water partition coefficient (Wildman–Crippen LogP) is 4.37. The molecule has 0 saturated carbocycles. The van der Waals surface area contributed by atoms with Crippen molar-refractivity contribution in [2.24, 2.45) is 0 Å². The first kappa shape index (κ1) is 20.3. The van der Waals surface area contributed by atoms with Crippen molar-refractivity contribution in [2.75, 3.05) is 29.2 Å². The van der Waals surface area contributed by atoms with E-state index < -0.39 is 0 Å². The number of hydrogen-bond donors (Lipinski definition) is 3. The quantitative estimate of drug-likeness (QED) is 0.557. The van der Waals surface area contributed by atoms with Crippen LogP contribution in [0.3, 0.4) is 0 Å². The van der Waals surface area contributed by atoms with Crippen LogP contribution < -0.4 is 25.6 Å². The van der Waals surface area contributed by atoms with E-state index in [4.69, 9.17) is 4.74 Å². The molecule has 0 bridgehead atoms. The van der Waals surface area contributed by atoms with Crippen LogP contribution in [0.1, 0.15) is 6.42 Å². The summed E-state index contributed by atoms with van der Waals surface area (Å²) in [4.78, 5) is 26.5. The minimum Gasteiger partial charge on any atom is -0.497 e. The fourth-order valence-electron chi connectivity index (χ4n) is 3.49. The largest absolute Gasteiger partial charge is 0.497 e. The number of urea groups is 1. The van der Waals surface area contributed by atoms with Crippen LogP contribution in [0.2, 0.25) is 0 Å². The molecule has 0 aliphatic carbocycles. The van der Waals surface area contributed by atoms with Crippen LogP contribution >= 0.6 is 0 Å². The van der Waals surface area contributed by atoms with Crippen molar-refractivity contribution in [3.8, 4) is 5.75 Å². The molecule has 1 fully saturated rings. The van der Waals surface area contributed by atoms with E-state index in [1.807, 2.05) is 78.9 Å². The number of nitrogens with zero attached hydrogens (tertiary/aromatic N) is 1. The third-order valence-corrected chi connectivity index (χ3v) is 5.05. The van der Waals surface area contributed by atoms with Gasteiger partial charge in [0.25, 0.3) is 0 Å². The van der Waals surface area contributed by atoms with Crippen LogP contribution in [0.4, 0.5) is 27.5 Å². The molecular formula is C24H24N4O3. The maximum atomic E-state index is 12.4. The zero-order valence-electron chi connectivity index (χ0n) is 17.2. The molecule has 158 valence electrons. The Bertz CT molecular complexity index is 1040. The summed E-state index contributed by atoms with van der Waals surface area (Å²) in [7, 11) is 1.60. The van der Waals surface area contributed by atoms with Crippen LogP contribution in [-0.4, -0.2) is 31.6 Å². The van der Waals surface area contributed by atoms with Gasteiger partial charge in [-0.25, -0.2) is 4.79 Å². The van der Waals surface area contributed by atoms with Crippen LogP contribution in [0.15, 0.2) is 78.9 Å². The van der Waals surface area contributed by atoms with Crippen molar-refractivity contribution in [2.45, 2.75) is 12.5 Å². The molecule has 3 amide bonds. The van der Waals surface area contributed by atoms with Gasteiger partial charge in [0.2, 0.25) is 5.91 Å². The second-order valence-electron chi connectivity index (χ2n) is 7.27. The van der Waals surface area contributed by atoms with Gasteiger partial charge in [-0.1, -0.05) is 18.2 Å². The Labute approximate surface area is 181 Å². The van der Waals surface area contributed by atoms with Gasteiger partial charge < -0.3 is 25.6 Å². The summed E-state index contributed by atoms with van der Waals surface area (Å²) in [5.74, 6) is 0.709. The molecule has 3 aromatic carbocycles. The van der Waals surface area contributed by atoms with Crippen LogP contribution in [0.5, 0.6) is 5.75 Å². The van der Waals surface area contributed by atoms with Crippen molar-refractivity contribution < 1.29 is 14.3 Å². The third-order valence-electron chi connectivity index (χ3n) is 5.05. The molecule has 1 heterocycles. The first-order valence-electron chi connectivity index (χ1n) is 10.0. The Morgan fingerprint density at radius 2 is 1.55 bits per heavy atom. The number of methoxy groups -OCH3 is 1. The van der Waals surface area contributed by atoms with E-state index in [0.717, 1.165) is 22.8 Å². The zero-order chi connectivity index (χ0) is 21.6. The molecule has 3 aromatic rings. The highest BCUT2D eigenvalue weighted by atomic mass is 16.5. The van der Waals surface area contributed by atoms with Gasteiger partial charge in [-0.2, -0.15) is 0 Å². The van der Waals surface area contributed by atoms with E-state index in [2.05, 4.69) is 16.0 Å². The van der Waals surface area contributed by atoms with Crippen molar-refractivity contribution in [3.05, 3.63) is 78.9 Å². The summed E-state index contributed by atoms with van der Waals surface area (Å²) in [5, 5.41) is 9.00. The predicted molar refractivity (Wildman–Crippen MR) is 122 cm³/mol. The van der Waals surface area contributed by atoms with E-state index in [0.29, 0.717) is 12.2 Å². The van der Waals surface area contributed by atoms with Gasteiger partial charge in [-0.05, 0) is 60.7 Å². The molecule has 4 rings (SSSR count). The van der Waals surface area contributed by atoms with Crippen LogP contribution in [0, 0.1) is 0 Å². The van der Waals surface area contributed by atoms with E-state index in [-0.39, 0.29) is 24.4 Å². The molecule has 7 nitrogen and oxygen atoms in total. The van der Waals surface area contributed by atoms with E-state index in [9.17, 15) is 9.59 Å². The Morgan fingerprint density at radius 3 is 2.23 bits per heavy atom. The van der Waals surface area contributed by atoms with Gasteiger partial charge in [0.05, 0.1) is 13.2 Å². The Hall–Kier alpha value is -4.00. The normalized spacial score (nSPS) is 15.5. The molecule has 1 aliphatic heterocycles. The maximum Gasteiger partial charge on any atom is 0.319 e. The summed E-state index contributed by atoms with van der Waals surface area (Å²) in [6.45, 7) is 0.429. The summed E-state index contributed by atoms with van der Waals surface area (Å²) < 4.78 is 5.15. The Morgan fingerprint density at radius 1 is 0.903 bits per heavy atom. The molecule has 7 heteroatoms. The number of rotatable bonds is 6. The van der Waals surface area contributed by atoms with Crippen molar-refractivity contribution in [1.29, 1.82) is 0 Å². The van der Waals surface area contributed by atoms with Crippen molar-refractivity contribution in [1.82, 2.24) is 5.32 Å². The number of carbonyl (C=O) groups is 2. The molecular weight excluding hydrogens is 392 g/mol. The molecule has 0 aromatic heterocycles. The summed E-state index contributed by atoms with van der Waals surface area (Å²) >= 11 is 0. The molecule has 31 heavy (non-hydrogen) atoms. The molecule has 1 unspecified atom stereocenters. The molecule has 0 spiro atoms. The lowest BCUT2D eigenvalue weighted by atomic mass is 10.2. The smallest absolute Gasteiger partial charge is 0.319 e. The third kappa shape index (κ3) is 5.14. The number of amides is 3. The average molecular weight is 416 g/mol. The highest BCUT2D eigenvalue weighted by molar-refractivity contribution is 5.97. The minimum atomic E-state index is -0.335. The number of carbonyl (C=O) groups excluding carboxylic acids is 2. The van der Waals surface area contributed by atoms with Crippen molar-refractivity contribution >= 4 is 34.7 Å². The Balaban J connectivity index is 1.30. The topological polar surface area (TPSA) is 82.7 Å². The Kier molecular flexibility index (Phi) is 6.03. The molecule has 1 atom stereocenters. The summed E-state index contributed by atoms with van der Waals surface area (Å²) in [6, 6.07) is 24.0. The number of nitrogens with one attached hydrogen (secondary N) is 3. The number of benzene rings is 3. The number of para-hydroxylation sites is 1. The number of ether oxygens (including phenoxy) is 1. The van der Waals surface area contributed by atoms with Gasteiger partial charge in [0.15, 0.2) is 0 Å². The maximum absolute atomic E-state index is 12.4. The summed E-state index contributed by atoms with van der Waals surface area (Å²) in [6.07, 6.45) is 0.263. The molecule has 0 radical (unpaired) electrons.